The molecule has 6 heteroatoms. The van der Waals surface area contributed by atoms with Crippen LogP contribution < -0.4 is 11.0 Å². The van der Waals surface area contributed by atoms with Crippen LogP contribution in [-0.4, -0.2) is 21.8 Å². The molecular weight excluding hydrogens is 364 g/mol. The van der Waals surface area contributed by atoms with E-state index in [9.17, 15) is 9.59 Å². The van der Waals surface area contributed by atoms with E-state index in [2.05, 4.69) is 32.9 Å². The lowest BCUT2D eigenvalue weighted by Gasteiger charge is -2.06. The van der Waals surface area contributed by atoms with E-state index in [1.165, 1.54) is 0 Å². The van der Waals surface area contributed by atoms with Gasteiger partial charge in [-0.05, 0) is 29.7 Å². The van der Waals surface area contributed by atoms with Gasteiger partial charge >= 0.3 is 0 Å². The molecule has 4 rings (SSSR count). The molecule has 1 amide bonds. The maximum Gasteiger partial charge on any atom is 0.292 e. The lowest BCUT2D eigenvalue weighted by Crippen LogP contribution is -2.23. The molecule has 0 fully saturated rings. The maximum absolute atomic E-state index is 12.5. The number of hydrogen-bond donors (Lipinski definition) is 2. The van der Waals surface area contributed by atoms with Gasteiger partial charge in [0.05, 0.1) is 11.1 Å². The van der Waals surface area contributed by atoms with Crippen molar-refractivity contribution in [3.8, 4) is 11.1 Å². The molecule has 2 N–H and O–H groups in total. The van der Waals surface area contributed by atoms with Gasteiger partial charge in [-0.15, -0.1) is 0 Å². The highest BCUT2D eigenvalue weighted by atomic mass is 16.2. The molecule has 4 aromatic rings. The zero-order valence-corrected chi connectivity index (χ0v) is 15.7. The number of carbonyl (C=O) groups excluding carboxylic acids is 1. The molecule has 6 nitrogen and oxygen atoms in total. The fraction of sp³-hybridized carbons (Fsp3) is 0.0435. The highest BCUT2D eigenvalue weighted by molar-refractivity contribution is 6.06. The Morgan fingerprint density at radius 1 is 0.862 bits per heavy atom. The first-order chi connectivity index (χ1) is 14.1. The monoisotopic (exact) mass is 382 g/mol. The lowest BCUT2D eigenvalue weighted by atomic mass is 10.0. The Morgan fingerprint density at radius 3 is 2.21 bits per heavy atom. The van der Waals surface area contributed by atoms with Crippen LogP contribution in [-0.2, 0) is 0 Å². The van der Waals surface area contributed by atoms with E-state index in [0.717, 1.165) is 16.7 Å². The third-order valence-corrected chi connectivity index (χ3v) is 4.65. The van der Waals surface area contributed by atoms with E-state index in [4.69, 9.17) is 0 Å². The van der Waals surface area contributed by atoms with Crippen LogP contribution in [0.2, 0.25) is 0 Å². The summed E-state index contributed by atoms with van der Waals surface area (Å²) >= 11 is 0. The predicted octanol–water partition coefficient (Wildman–Crippen LogP) is 3.74. The maximum atomic E-state index is 12.5. The minimum absolute atomic E-state index is 0.121. The predicted molar refractivity (Wildman–Crippen MR) is 114 cm³/mol. The SMILES string of the molecule is C/C(=N\NC(=O)c1n[nH]c(=O)c2ccccc12)c1ccc(-c2ccccc2)cc1. The number of aromatic nitrogens is 2. The van der Waals surface area contributed by atoms with Crippen LogP contribution in [0.4, 0.5) is 0 Å². The van der Waals surface area contributed by atoms with Crippen LogP contribution in [0.3, 0.4) is 0 Å². The highest BCUT2D eigenvalue weighted by Crippen LogP contribution is 2.19. The molecule has 0 radical (unpaired) electrons. The van der Waals surface area contributed by atoms with E-state index < -0.39 is 5.91 Å². The van der Waals surface area contributed by atoms with Gasteiger partial charge in [0.1, 0.15) is 0 Å². The van der Waals surface area contributed by atoms with Crippen molar-refractivity contribution in [2.75, 3.05) is 0 Å². The second kappa shape index (κ2) is 7.90. The molecule has 0 saturated carbocycles. The average Bonchev–Trinajstić information content (AvgIpc) is 2.78. The standard InChI is InChI=1S/C23H18N4O2/c1-15(16-11-13-18(14-12-16)17-7-3-2-4-8-17)24-27-23(29)21-19-9-5-6-10-20(19)22(28)26-25-21/h2-14H,1H3,(H,26,28)(H,27,29)/b24-15+. The van der Waals surface area contributed by atoms with Crippen molar-refractivity contribution in [2.24, 2.45) is 5.10 Å². The van der Waals surface area contributed by atoms with Crippen molar-refractivity contribution in [3.05, 3.63) is 100 Å². The summed E-state index contributed by atoms with van der Waals surface area (Å²) in [5, 5.41) is 11.3. The molecule has 1 aromatic heterocycles. The summed E-state index contributed by atoms with van der Waals surface area (Å²) < 4.78 is 0. The van der Waals surface area contributed by atoms with Crippen LogP contribution in [0.1, 0.15) is 23.0 Å². The zero-order valence-electron chi connectivity index (χ0n) is 15.7. The van der Waals surface area contributed by atoms with E-state index in [1.807, 2.05) is 49.4 Å². The van der Waals surface area contributed by atoms with Crippen molar-refractivity contribution in [2.45, 2.75) is 6.92 Å². The van der Waals surface area contributed by atoms with Gasteiger partial charge < -0.3 is 0 Å². The van der Waals surface area contributed by atoms with Crippen molar-refractivity contribution < 1.29 is 4.79 Å². The van der Waals surface area contributed by atoms with Gasteiger partial charge in [-0.2, -0.15) is 10.2 Å². The van der Waals surface area contributed by atoms with Crippen LogP contribution in [0.15, 0.2) is 88.8 Å². The Morgan fingerprint density at radius 2 is 1.48 bits per heavy atom. The molecule has 0 bridgehead atoms. The minimum atomic E-state index is -0.488. The Kier molecular flexibility index (Phi) is 4.99. The van der Waals surface area contributed by atoms with Gasteiger partial charge in [0.25, 0.3) is 11.5 Å². The second-order valence-electron chi connectivity index (χ2n) is 6.53. The summed E-state index contributed by atoms with van der Waals surface area (Å²) in [7, 11) is 0. The summed E-state index contributed by atoms with van der Waals surface area (Å²) in [6, 6.07) is 24.9. The van der Waals surface area contributed by atoms with Crippen molar-refractivity contribution >= 4 is 22.4 Å². The van der Waals surface area contributed by atoms with Gasteiger partial charge in [0.2, 0.25) is 0 Å². The van der Waals surface area contributed by atoms with E-state index in [1.54, 1.807) is 24.3 Å². The van der Waals surface area contributed by atoms with Gasteiger partial charge in [0, 0.05) is 5.39 Å². The first-order valence-corrected chi connectivity index (χ1v) is 9.11. The summed E-state index contributed by atoms with van der Waals surface area (Å²) in [6.45, 7) is 1.82. The highest BCUT2D eigenvalue weighted by Gasteiger charge is 2.13. The zero-order chi connectivity index (χ0) is 20.2. The summed E-state index contributed by atoms with van der Waals surface area (Å²) in [5.41, 5.74) is 6.10. The molecule has 142 valence electrons. The van der Waals surface area contributed by atoms with Gasteiger partial charge in [-0.1, -0.05) is 72.8 Å². The minimum Gasteiger partial charge on any atom is -0.267 e. The number of amides is 1. The second-order valence-corrected chi connectivity index (χ2v) is 6.53. The summed E-state index contributed by atoms with van der Waals surface area (Å²) in [5.74, 6) is -0.488. The van der Waals surface area contributed by atoms with Crippen molar-refractivity contribution in [1.82, 2.24) is 15.6 Å². The van der Waals surface area contributed by atoms with Crippen LogP contribution in [0.25, 0.3) is 21.9 Å². The molecule has 0 spiro atoms. The lowest BCUT2D eigenvalue weighted by molar-refractivity contribution is 0.0950. The number of nitrogens with zero attached hydrogens (tertiary/aromatic N) is 2. The molecule has 29 heavy (non-hydrogen) atoms. The number of fused-ring (bicyclic) bond motifs is 1. The normalized spacial score (nSPS) is 11.4. The molecule has 0 atom stereocenters. The van der Waals surface area contributed by atoms with E-state index in [0.29, 0.717) is 16.5 Å². The summed E-state index contributed by atoms with van der Waals surface area (Å²) in [6.07, 6.45) is 0. The van der Waals surface area contributed by atoms with Crippen molar-refractivity contribution in [1.29, 1.82) is 0 Å². The third-order valence-electron chi connectivity index (χ3n) is 4.65. The first kappa shape index (κ1) is 18.3. The van der Waals surface area contributed by atoms with E-state index >= 15 is 0 Å². The Balaban J connectivity index is 1.54. The number of hydrogen-bond acceptors (Lipinski definition) is 4. The van der Waals surface area contributed by atoms with Crippen molar-refractivity contribution in [3.63, 3.8) is 0 Å². The number of hydrazone groups is 1. The molecule has 0 aliphatic heterocycles. The fourth-order valence-electron chi connectivity index (χ4n) is 3.07. The average molecular weight is 382 g/mol. The van der Waals surface area contributed by atoms with Gasteiger partial charge in [0.15, 0.2) is 5.69 Å². The summed E-state index contributed by atoms with van der Waals surface area (Å²) in [4.78, 5) is 24.4. The quantitative estimate of drug-likeness (QED) is 0.416. The number of carbonyl (C=O) groups is 1. The molecular formula is C23H18N4O2. The number of rotatable bonds is 4. The number of nitrogens with one attached hydrogen (secondary N) is 2. The van der Waals surface area contributed by atoms with Gasteiger partial charge in [-0.3, -0.25) is 9.59 Å². The van der Waals surface area contributed by atoms with E-state index in [-0.39, 0.29) is 11.3 Å². The van der Waals surface area contributed by atoms with Crippen LogP contribution in [0, 0.1) is 0 Å². The Bertz CT molecular complexity index is 1260. The largest absolute Gasteiger partial charge is 0.292 e. The Hall–Kier alpha value is -4.06. The van der Waals surface area contributed by atoms with Crippen LogP contribution >= 0.6 is 0 Å². The Labute approximate surface area is 166 Å². The molecule has 0 aliphatic rings. The third kappa shape index (κ3) is 3.82. The number of benzene rings is 3. The molecule has 0 aliphatic carbocycles. The molecule has 0 saturated heterocycles. The first-order valence-electron chi connectivity index (χ1n) is 9.11. The smallest absolute Gasteiger partial charge is 0.267 e. The van der Waals surface area contributed by atoms with Crippen LogP contribution in [0.5, 0.6) is 0 Å². The molecule has 0 unspecified atom stereocenters. The topological polar surface area (TPSA) is 87.2 Å². The van der Waals surface area contributed by atoms with Gasteiger partial charge in [-0.25, -0.2) is 10.5 Å². The fourth-order valence-corrected chi connectivity index (χ4v) is 3.07. The molecule has 1 heterocycles. The number of H-pyrrole nitrogens is 1. The molecule has 3 aromatic carbocycles. The number of aromatic amines is 1.